The third-order valence-corrected chi connectivity index (χ3v) is 6.01. The topological polar surface area (TPSA) is 83.4 Å². The fraction of sp³-hybridized carbons (Fsp3) is 0.148. The Morgan fingerprint density at radius 2 is 1.82 bits per heavy atom. The highest BCUT2D eigenvalue weighted by Gasteiger charge is 2.28. The van der Waals surface area contributed by atoms with E-state index in [-0.39, 0.29) is 24.9 Å². The van der Waals surface area contributed by atoms with Crippen molar-refractivity contribution < 1.29 is 14.4 Å². The second kappa shape index (κ2) is 8.86. The number of amides is 4. The summed E-state index contributed by atoms with van der Waals surface area (Å²) >= 11 is 0. The molecule has 3 aromatic carbocycles. The summed E-state index contributed by atoms with van der Waals surface area (Å²) in [6.45, 7) is 3.20. The third kappa shape index (κ3) is 4.03. The minimum Gasteiger partial charge on any atom is -0.341 e. The van der Waals surface area contributed by atoms with E-state index in [2.05, 4.69) is 46.4 Å². The summed E-state index contributed by atoms with van der Waals surface area (Å²) in [4.78, 5) is 37.3. The minimum absolute atomic E-state index is 0.0187. The van der Waals surface area contributed by atoms with Gasteiger partial charge in [-0.1, -0.05) is 36.4 Å². The van der Waals surface area contributed by atoms with E-state index in [1.165, 1.54) is 22.5 Å². The summed E-state index contributed by atoms with van der Waals surface area (Å²) in [7, 11) is 0. The number of rotatable bonds is 6. The first-order chi connectivity index (χ1) is 16.5. The van der Waals surface area contributed by atoms with Gasteiger partial charge in [-0.25, -0.2) is 4.79 Å². The van der Waals surface area contributed by atoms with Crippen molar-refractivity contribution >= 4 is 51.4 Å². The van der Waals surface area contributed by atoms with Crippen LogP contribution >= 0.6 is 0 Å². The first-order valence-electron chi connectivity index (χ1n) is 11.2. The number of fused-ring (bicyclic) bond motifs is 3. The third-order valence-electron chi connectivity index (χ3n) is 6.01. The van der Waals surface area contributed by atoms with Crippen LogP contribution < -0.4 is 10.6 Å². The monoisotopic (exact) mass is 452 g/mol. The van der Waals surface area contributed by atoms with Crippen LogP contribution in [0.5, 0.6) is 0 Å². The molecule has 0 bridgehead atoms. The average molecular weight is 453 g/mol. The molecule has 2 heterocycles. The Balaban J connectivity index is 1.31. The highest BCUT2D eigenvalue weighted by atomic mass is 16.2. The van der Waals surface area contributed by atoms with Crippen molar-refractivity contribution in [3.05, 3.63) is 83.9 Å². The normalized spacial score (nSPS) is 13.9. The number of aromatic nitrogens is 1. The van der Waals surface area contributed by atoms with Crippen molar-refractivity contribution in [3.63, 3.8) is 0 Å². The van der Waals surface area contributed by atoms with Crippen molar-refractivity contribution in [3.8, 4) is 0 Å². The summed E-state index contributed by atoms with van der Waals surface area (Å²) < 4.78 is 2.29. The van der Waals surface area contributed by atoms with Gasteiger partial charge in [0.2, 0.25) is 11.8 Å². The number of hydrogen-bond donors (Lipinski definition) is 2. The summed E-state index contributed by atoms with van der Waals surface area (Å²) in [6.07, 6.45) is 3.30. The number of hydrogen-bond acceptors (Lipinski definition) is 3. The van der Waals surface area contributed by atoms with E-state index in [9.17, 15) is 14.4 Å². The molecule has 1 aliphatic heterocycles. The maximum Gasteiger partial charge on any atom is 0.324 e. The van der Waals surface area contributed by atoms with Crippen LogP contribution in [-0.4, -0.2) is 33.9 Å². The molecule has 170 valence electrons. The van der Waals surface area contributed by atoms with Crippen molar-refractivity contribution in [2.24, 2.45) is 0 Å². The Hall–Kier alpha value is -4.39. The molecule has 1 fully saturated rings. The van der Waals surface area contributed by atoms with E-state index < -0.39 is 6.03 Å². The molecule has 0 radical (unpaired) electrons. The van der Waals surface area contributed by atoms with Crippen molar-refractivity contribution in [2.45, 2.75) is 20.0 Å². The number of anilines is 1. The molecule has 0 saturated carbocycles. The van der Waals surface area contributed by atoms with Crippen molar-refractivity contribution in [2.75, 3.05) is 11.9 Å². The van der Waals surface area contributed by atoms with E-state index in [1.807, 2.05) is 24.3 Å². The number of urea groups is 1. The smallest absolute Gasteiger partial charge is 0.324 e. The standard InChI is InChI=1S/C27H24N4O3/c1-2-30-23-9-4-3-8-21(23)22-15-18(10-12-24(22)30)11-13-25(32)29-20-7-5-6-19(14-20)17-31-26(33)16-28-27(31)34/h3-15H,2,16-17H2,1H3,(H,28,34)(H,29,32)/b13-11+. The zero-order chi connectivity index (χ0) is 23.7. The number of nitrogens with one attached hydrogen (secondary N) is 2. The Bertz CT molecular complexity index is 1450. The van der Waals surface area contributed by atoms with E-state index in [0.717, 1.165) is 28.0 Å². The van der Waals surface area contributed by atoms with Gasteiger partial charge in [0.1, 0.15) is 0 Å². The van der Waals surface area contributed by atoms with Gasteiger partial charge in [-0.05, 0) is 54.5 Å². The van der Waals surface area contributed by atoms with Crippen LogP contribution in [0.4, 0.5) is 10.5 Å². The predicted molar refractivity (Wildman–Crippen MR) is 133 cm³/mol. The molecule has 4 amide bonds. The number of carbonyl (C=O) groups is 3. The number of aryl methyl sites for hydroxylation is 1. The van der Waals surface area contributed by atoms with Crippen LogP contribution in [0, 0.1) is 0 Å². The quantitative estimate of drug-likeness (QED) is 0.333. The van der Waals surface area contributed by atoms with Gasteiger partial charge in [-0.3, -0.25) is 14.5 Å². The van der Waals surface area contributed by atoms with Gasteiger partial charge in [0.05, 0.1) is 13.1 Å². The van der Waals surface area contributed by atoms with Crippen molar-refractivity contribution in [1.29, 1.82) is 0 Å². The first-order valence-corrected chi connectivity index (χ1v) is 11.2. The Labute approximate surface area is 196 Å². The van der Waals surface area contributed by atoms with Crippen LogP contribution in [0.1, 0.15) is 18.1 Å². The molecule has 34 heavy (non-hydrogen) atoms. The summed E-state index contributed by atoms with van der Waals surface area (Å²) in [5.41, 5.74) is 4.67. The summed E-state index contributed by atoms with van der Waals surface area (Å²) in [5.74, 6) is -0.523. The lowest BCUT2D eigenvalue weighted by Gasteiger charge is -2.13. The highest BCUT2D eigenvalue weighted by molar-refractivity contribution is 6.09. The maximum absolute atomic E-state index is 12.5. The van der Waals surface area contributed by atoms with Crippen LogP contribution in [0.3, 0.4) is 0 Å². The Morgan fingerprint density at radius 3 is 2.62 bits per heavy atom. The average Bonchev–Trinajstić information content (AvgIpc) is 3.34. The van der Waals surface area contributed by atoms with Crippen LogP contribution in [0.25, 0.3) is 27.9 Å². The molecule has 7 nitrogen and oxygen atoms in total. The molecule has 1 aliphatic rings. The molecule has 5 rings (SSSR count). The second-order valence-electron chi connectivity index (χ2n) is 8.20. The number of carbonyl (C=O) groups excluding carboxylic acids is 3. The van der Waals surface area contributed by atoms with Gasteiger partial charge in [-0.15, -0.1) is 0 Å². The van der Waals surface area contributed by atoms with E-state index in [4.69, 9.17) is 0 Å². The Morgan fingerprint density at radius 1 is 1.00 bits per heavy atom. The molecule has 2 N–H and O–H groups in total. The van der Waals surface area contributed by atoms with Gasteiger partial charge in [0.15, 0.2) is 0 Å². The zero-order valence-electron chi connectivity index (χ0n) is 18.7. The zero-order valence-corrected chi connectivity index (χ0v) is 18.7. The fourth-order valence-corrected chi connectivity index (χ4v) is 4.42. The highest BCUT2D eigenvalue weighted by Crippen LogP contribution is 2.30. The van der Waals surface area contributed by atoms with Gasteiger partial charge >= 0.3 is 6.03 Å². The SMILES string of the molecule is CCn1c2ccccc2c2cc(/C=C/C(=O)Nc3cccc(CN4C(=O)CNC4=O)c3)ccc21. The van der Waals surface area contributed by atoms with E-state index in [1.54, 1.807) is 24.3 Å². The van der Waals surface area contributed by atoms with Crippen molar-refractivity contribution in [1.82, 2.24) is 14.8 Å². The van der Waals surface area contributed by atoms with Gasteiger partial charge in [0.25, 0.3) is 0 Å². The van der Waals surface area contributed by atoms with Crippen LogP contribution in [0.2, 0.25) is 0 Å². The van der Waals surface area contributed by atoms with Gasteiger partial charge in [0, 0.05) is 40.1 Å². The van der Waals surface area contributed by atoms with Gasteiger partial charge < -0.3 is 15.2 Å². The molecular formula is C27H24N4O3. The molecule has 0 unspecified atom stereocenters. The molecule has 0 aliphatic carbocycles. The van der Waals surface area contributed by atoms with E-state index in [0.29, 0.717) is 5.69 Å². The number of nitrogens with zero attached hydrogens (tertiary/aromatic N) is 2. The molecule has 1 aromatic heterocycles. The molecule has 7 heteroatoms. The number of imide groups is 1. The lowest BCUT2D eigenvalue weighted by molar-refractivity contribution is -0.125. The summed E-state index contributed by atoms with van der Waals surface area (Å²) in [6, 6.07) is 21.3. The molecule has 0 spiro atoms. The summed E-state index contributed by atoms with van der Waals surface area (Å²) in [5, 5.41) is 7.70. The number of benzene rings is 3. The maximum atomic E-state index is 12.5. The minimum atomic E-state index is -0.401. The molecular weight excluding hydrogens is 428 g/mol. The predicted octanol–water partition coefficient (Wildman–Crippen LogP) is 4.52. The molecule has 0 atom stereocenters. The fourth-order valence-electron chi connectivity index (χ4n) is 4.42. The van der Waals surface area contributed by atoms with Gasteiger partial charge in [-0.2, -0.15) is 0 Å². The lowest BCUT2D eigenvalue weighted by Crippen LogP contribution is -2.30. The second-order valence-corrected chi connectivity index (χ2v) is 8.20. The Kier molecular flexibility index (Phi) is 5.59. The molecule has 1 saturated heterocycles. The van der Waals surface area contributed by atoms with E-state index >= 15 is 0 Å². The van der Waals surface area contributed by atoms with Crippen LogP contribution in [-0.2, 0) is 22.7 Å². The number of para-hydroxylation sites is 1. The first kappa shape index (κ1) is 21.5. The molecule has 4 aromatic rings. The van der Waals surface area contributed by atoms with Crippen LogP contribution in [0.15, 0.2) is 72.8 Å². The largest absolute Gasteiger partial charge is 0.341 e. The lowest BCUT2D eigenvalue weighted by atomic mass is 10.1.